The number of methoxy groups -OCH3 is 2. The molecular weight excluding hydrogens is 406 g/mol. The number of ether oxygens (including phenoxy) is 3. The van der Waals surface area contributed by atoms with E-state index in [9.17, 15) is 4.79 Å². The monoisotopic (exact) mass is 431 g/mol. The average molecular weight is 431 g/mol. The number of pyridine rings is 1. The van der Waals surface area contributed by atoms with Gasteiger partial charge in [-0.2, -0.15) is 0 Å². The molecule has 7 heteroatoms. The van der Waals surface area contributed by atoms with Gasteiger partial charge in [-0.3, -0.25) is 0 Å². The number of benzene rings is 3. The van der Waals surface area contributed by atoms with Crippen LogP contribution in [0.4, 0.5) is 16.2 Å². The summed E-state index contributed by atoms with van der Waals surface area (Å²) in [7, 11) is 4.83. The summed E-state index contributed by atoms with van der Waals surface area (Å²) in [6.07, 6.45) is -0.465. The van der Waals surface area contributed by atoms with Gasteiger partial charge in [-0.1, -0.05) is 12.1 Å². The number of carbonyl (C=O) groups is 1. The minimum Gasteiger partial charge on any atom is -0.497 e. The van der Waals surface area contributed by atoms with Gasteiger partial charge in [-0.15, -0.1) is 0 Å². The van der Waals surface area contributed by atoms with E-state index in [2.05, 4.69) is 16.7 Å². The summed E-state index contributed by atoms with van der Waals surface area (Å²) in [5.41, 5.74) is 5.33. The Balaban J connectivity index is 1.82. The van der Waals surface area contributed by atoms with Crippen LogP contribution in [0.5, 0.6) is 11.5 Å². The number of rotatable bonds is 6. The van der Waals surface area contributed by atoms with E-state index >= 15 is 0 Å². The lowest BCUT2D eigenvalue weighted by atomic mass is 10.0. The number of alkyl carbamates (subject to hydrolysis) is 1. The van der Waals surface area contributed by atoms with Crippen molar-refractivity contribution in [2.24, 2.45) is 0 Å². The average Bonchev–Trinajstić information content (AvgIpc) is 2.82. The highest BCUT2D eigenvalue weighted by Gasteiger charge is 2.13. The van der Waals surface area contributed by atoms with Crippen LogP contribution in [0, 0.1) is 6.92 Å². The van der Waals surface area contributed by atoms with E-state index in [-0.39, 0.29) is 6.61 Å². The smallest absolute Gasteiger partial charge is 0.407 e. The molecule has 0 aliphatic rings. The molecule has 1 heterocycles. The van der Waals surface area contributed by atoms with Gasteiger partial charge in [-0.05, 0) is 48.4 Å². The van der Waals surface area contributed by atoms with Crippen molar-refractivity contribution in [1.29, 1.82) is 0 Å². The van der Waals surface area contributed by atoms with Gasteiger partial charge in [0.2, 0.25) is 0 Å². The number of nitrogens with zero attached hydrogens (tertiary/aromatic N) is 1. The Kier molecular flexibility index (Phi) is 5.98. The lowest BCUT2D eigenvalue weighted by Crippen LogP contribution is -2.18. The zero-order valence-electron chi connectivity index (χ0n) is 18.5. The Labute approximate surface area is 186 Å². The molecule has 0 bridgehead atoms. The molecule has 164 valence electrons. The summed E-state index contributed by atoms with van der Waals surface area (Å²) < 4.78 is 16.1. The van der Waals surface area contributed by atoms with E-state index in [0.29, 0.717) is 0 Å². The third kappa shape index (κ3) is 4.23. The number of anilines is 2. The number of aromatic nitrogens is 1. The lowest BCUT2D eigenvalue weighted by molar-refractivity contribution is 0.142. The molecule has 4 rings (SSSR count). The molecule has 0 aliphatic carbocycles. The van der Waals surface area contributed by atoms with E-state index in [1.165, 1.54) is 7.05 Å². The molecule has 0 aliphatic heterocycles. The predicted molar refractivity (Wildman–Crippen MR) is 126 cm³/mol. The Bertz CT molecular complexity index is 1300. The fourth-order valence-corrected chi connectivity index (χ4v) is 3.65. The van der Waals surface area contributed by atoms with Gasteiger partial charge in [0, 0.05) is 35.6 Å². The van der Waals surface area contributed by atoms with Crippen LogP contribution in [0.15, 0.2) is 54.6 Å². The van der Waals surface area contributed by atoms with Crippen molar-refractivity contribution < 1.29 is 19.0 Å². The largest absolute Gasteiger partial charge is 0.497 e. The zero-order valence-corrected chi connectivity index (χ0v) is 18.5. The first-order valence-electron chi connectivity index (χ1n) is 10.2. The Morgan fingerprint density at radius 1 is 0.969 bits per heavy atom. The van der Waals surface area contributed by atoms with Crippen LogP contribution >= 0.6 is 0 Å². The molecule has 0 unspecified atom stereocenters. The molecule has 4 aromatic rings. The normalized spacial score (nSPS) is 10.8. The van der Waals surface area contributed by atoms with Crippen LogP contribution in [-0.4, -0.2) is 32.3 Å². The molecule has 7 nitrogen and oxygen atoms in total. The van der Waals surface area contributed by atoms with Crippen molar-refractivity contribution in [3.05, 3.63) is 65.7 Å². The lowest BCUT2D eigenvalue weighted by Gasteiger charge is -2.16. The maximum absolute atomic E-state index is 11.4. The van der Waals surface area contributed by atoms with Crippen LogP contribution < -0.4 is 20.1 Å². The summed E-state index contributed by atoms with van der Waals surface area (Å²) in [4.78, 5) is 16.3. The molecule has 0 atom stereocenters. The quantitative estimate of drug-likeness (QED) is 0.403. The summed E-state index contributed by atoms with van der Waals surface area (Å²) in [6, 6.07) is 17.6. The molecule has 1 amide bonds. The second-order valence-electron chi connectivity index (χ2n) is 7.36. The predicted octanol–water partition coefficient (Wildman–Crippen LogP) is 5.31. The molecule has 0 fully saturated rings. The zero-order chi connectivity index (χ0) is 22.7. The van der Waals surface area contributed by atoms with Crippen LogP contribution in [0.3, 0.4) is 0 Å². The van der Waals surface area contributed by atoms with Gasteiger partial charge in [0.1, 0.15) is 18.1 Å². The van der Waals surface area contributed by atoms with Gasteiger partial charge in [0.15, 0.2) is 0 Å². The molecule has 1 aromatic heterocycles. The number of amides is 1. The van der Waals surface area contributed by atoms with Gasteiger partial charge in [0.05, 0.1) is 30.9 Å². The third-order valence-electron chi connectivity index (χ3n) is 5.27. The summed E-state index contributed by atoms with van der Waals surface area (Å²) in [6.45, 7) is 2.19. The molecular formula is C25H25N3O4. The van der Waals surface area contributed by atoms with E-state index in [1.54, 1.807) is 14.2 Å². The van der Waals surface area contributed by atoms with Gasteiger partial charge >= 0.3 is 6.09 Å². The van der Waals surface area contributed by atoms with Gasteiger partial charge in [-0.25, -0.2) is 9.78 Å². The van der Waals surface area contributed by atoms with E-state index in [0.717, 1.165) is 55.8 Å². The molecule has 0 saturated heterocycles. The highest BCUT2D eigenvalue weighted by atomic mass is 16.5. The standard InChI is InChI=1S/C25H25N3O4/c1-15-10-20-22(13-23(15)31-4)28-21-12-18(30-3)8-9-19(21)24(20)27-17-7-5-6-16(11-17)14-32-25(29)26-2/h5-13H,14H2,1-4H3,(H,26,29)(H,27,28). The van der Waals surface area contributed by atoms with Crippen LogP contribution in [0.25, 0.3) is 21.8 Å². The molecule has 2 N–H and O–H groups in total. The molecule has 0 radical (unpaired) electrons. The Morgan fingerprint density at radius 2 is 1.78 bits per heavy atom. The van der Waals surface area contributed by atoms with Crippen LogP contribution in [-0.2, 0) is 11.3 Å². The van der Waals surface area contributed by atoms with Crippen molar-refractivity contribution in [1.82, 2.24) is 10.3 Å². The van der Waals surface area contributed by atoms with Gasteiger partial charge in [0.25, 0.3) is 0 Å². The minimum atomic E-state index is -0.465. The number of hydrogen-bond acceptors (Lipinski definition) is 6. The van der Waals surface area contributed by atoms with Crippen molar-refractivity contribution >= 4 is 39.3 Å². The fourth-order valence-electron chi connectivity index (χ4n) is 3.65. The van der Waals surface area contributed by atoms with E-state index in [1.807, 2.05) is 55.5 Å². The number of aryl methyl sites for hydroxylation is 1. The third-order valence-corrected chi connectivity index (χ3v) is 5.27. The van der Waals surface area contributed by atoms with E-state index in [4.69, 9.17) is 19.2 Å². The Morgan fingerprint density at radius 3 is 2.53 bits per heavy atom. The first-order valence-corrected chi connectivity index (χ1v) is 10.2. The first-order chi connectivity index (χ1) is 15.5. The highest BCUT2D eigenvalue weighted by Crippen LogP contribution is 2.37. The van der Waals surface area contributed by atoms with Crippen molar-refractivity contribution in [2.45, 2.75) is 13.5 Å². The maximum atomic E-state index is 11.4. The summed E-state index contributed by atoms with van der Waals surface area (Å²) in [5, 5.41) is 7.95. The minimum absolute atomic E-state index is 0.181. The van der Waals surface area contributed by atoms with Crippen LogP contribution in [0.1, 0.15) is 11.1 Å². The maximum Gasteiger partial charge on any atom is 0.407 e. The number of nitrogens with one attached hydrogen (secondary N) is 2. The molecule has 0 saturated carbocycles. The fraction of sp³-hybridized carbons (Fsp3) is 0.200. The van der Waals surface area contributed by atoms with Crippen molar-refractivity contribution in [2.75, 3.05) is 26.6 Å². The molecule has 0 spiro atoms. The van der Waals surface area contributed by atoms with Crippen molar-refractivity contribution in [3.63, 3.8) is 0 Å². The van der Waals surface area contributed by atoms with Crippen LogP contribution in [0.2, 0.25) is 0 Å². The molecule has 3 aromatic carbocycles. The topological polar surface area (TPSA) is 81.7 Å². The second kappa shape index (κ2) is 9.01. The number of fused-ring (bicyclic) bond motifs is 2. The SMILES string of the molecule is CNC(=O)OCc1cccc(Nc2c3ccc(OC)cc3nc3cc(OC)c(C)cc23)c1. The van der Waals surface area contributed by atoms with E-state index < -0.39 is 6.09 Å². The van der Waals surface area contributed by atoms with Crippen molar-refractivity contribution in [3.8, 4) is 11.5 Å². The second-order valence-corrected chi connectivity index (χ2v) is 7.36. The summed E-state index contributed by atoms with van der Waals surface area (Å²) in [5.74, 6) is 1.52. The molecule has 32 heavy (non-hydrogen) atoms. The first kappa shape index (κ1) is 21.2. The Hall–Kier alpha value is -4.00. The number of hydrogen-bond donors (Lipinski definition) is 2. The van der Waals surface area contributed by atoms with Gasteiger partial charge < -0.3 is 24.8 Å². The highest BCUT2D eigenvalue weighted by molar-refractivity contribution is 6.09. The number of carbonyl (C=O) groups excluding carboxylic acids is 1. The summed E-state index contributed by atoms with van der Waals surface area (Å²) >= 11 is 0.